The number of amides is 1. The summed E-state index contributed by atoms with van der Waals surface area (Å²) in [7, 11) is -7.61. The van der Waals surface area contributed by atoms with E-state index in [-0.39, 0.29) is 10.8 Å². The average Bonchev–Trinajstić information content (AvgIpc) is 2.73. The van der Waals surface area contributed by atoms with Crippen LogP contribution in [0.5, 0.6) is 0 Å². The van der Waals surface area contributed by atoms with Gasteiger partial charge < -0.3 is 5.32 Å². The summed E-state index contributed by atoms with van der Waals surface area (Å²) < 4.78 is 52.4. The molecule has 32 heavy (non-hydrogen) atoms. The first-order valence-electron chi connectivity index (χ1n) is 9.29. The van der Waals surface area contributed by atoms with Crippen molar-refractivity contribution >= 4 is 43.3 Å². The Balaban J connectivity index is 1.70. The minimum atomic E-state index is -3.91. The van der Waals surface area contributed by atoms with Crippen molar-refractivity contribution < 1.29 is 21.6 Å². The van der Waals surface area contributed by atoms with Crippen molar-refractivity contribution in [1.82, 2.24) is 9.97 Å². The van der Waals surface area contributed by atoms with Gasteiger partial charge in [0.25, 0.3) is 10.0 Å². The number of hydrogen-bond donors (Lipinski definition) is 2. The number of sulfonamides is 2. The second kappa shape index (κ2) is 9.32. The van der Waals surface area contributed by atoms with Gasteiger partial charge in [0.15, 0.2) is 0 Å². The summed E-state index contributed by atoms with van der Waals surface area (Å²) in [5.74, 6) is -0.649. The maximum Gasteiger partial charge on any atom is 0.264 e. The Bertz CT molecular complexity index is 1290. The normalized spacial score (nSPS) is 11.6. The number of anilines is 3. The van der Waals surface area contributed by atoms with Crippen LogP contribution in [0.3, 0.4) is 0 Å². The third-order valence-corrected chi connectivity index (χ3v) is 6.73. The summed E-state index contributed by atoms with van der Waals surface area (Å²) in [6.45, 7) is 1.43. The van der Waals surface area contributed by atoms with E-state index in [1.54, 1.807) is 30.3 Å². The van der Waals surface area contributed by atoms with Gasteiger partial charge in [0.05, 0.1) is 16.8 Å². The number of nitrogens with one attached hydrogen (secondary N) is 2. The van der Waals surface area contributed by atoms with Gasteiger partial charge in [-0.1, -0.05) is 17.7 Å². The first kappa shape index (κ1) is 23.2. The third-order valence-electron chi connectivity index (χ3n) is 4.25. The van der Waals surface area contributed by atoms with Gasteiger partial charge in [0, 0.05) is 18.1 Å². The minimum Gasteiger partial charge on any atom is -0.325 e. The van der Waals surface area contributed by atoms with Crippen molar-refractivity contribution in [2.45, 2.75) is 11.8 Å². The lowest BCUT2D eigenvalue weighted by atomic mass is 10.2. The topological polar surface area (TPSA) is 138 Å². The van der Waals surface area contributed by atoms with Crippen molar-refractivity contribution in [2.24, 2.45) is 0 Å². The molecule has 10 nitrogen and oxygen atoms in total. The fourth-order valence-corrected chi connectivity index (χ4v) is 4.50. The molecule has 0 unspecified atom stereocenters. The van der Waals surface area contributed by atoms with E-state index in [1.165, 1.54) is 36.7 Å². The number of aromatic nitrogens is 2. The zero-order chi connectivity index (χ0) is 23.4. The van der Waals surface area contributed by atoms with E-state index in [1.807, 2.05) is 6.92 Å². The summed E-state index contributed by atoms with van der Waals surface area (Å²) in [5, 5.41) is 2.57. The van der Waals surface area contributed by atoms with Crippen LogP contribution in [0.4, 0.5) is 17.3 Å². The molecule has 0 saturated heterocycles. The molecule has 0 fully saturated rings. The molecule has 0 radical (unpaired) electrons. The van der Waals surface area contributed by atoms with Gasteiger partial charge >= 0.3 is 0 Å². The lowest BCUT2D eigenvalue weighted by molar-refractivity contribution is -0.114. The number of hydrogen-bond acceptors (Lipinski definition) is 7. The van der Waals surface area contributed by atoms with Crippen LogP contribution in [0, 0.1) is 6.92 Å². The molecule has 3 aromatic rings. The molecule has 0 spiro atoms. The van der Waals surface area contributed by atoms with Crippen LogP contribution in [-0.2, 0) is 24.8 Å². The maximum atomic E-state index is 12.5. The van der Waals surface area contributed by atoms with Crippen molar-refractivity contribution in [3.63, 3.8) is 0 Å². The monoisotopic (exact) mass is 475 g/mol. The zero-order valence-electron chi connectivity index (χ0n) is 17.3. The van der Waals surface area contributed by atoms with Gasteiger partial charge in [-0.15, -0.1) is 0 Å². The zero-order valence-corrected chi connectivity index (χ0v) is 18.9. The second-order valence-corrected chi connectivity index (χ2v) is 10.4. The fourth-order valence-electron chi connectivity index (χ4n) is 2.69. The van der Waals surface area contributed by atoms with Crippen molar-refractivity contribution in [3.8, 4) is 0 Å². The number of carbonyl (C=O) groups is 1. The van der Waals surface area contributed by atoms with Crippen LogP contribution in [0.15, 0.2) is 71.9 Å². The highest BCUT2D eigenvalue weighted by molar-refractivity contribution is 7.92. The molecule has 0 saturated carbocycles. The number of aryl methyl sites for hydroxylation is 1. The Morgan fingerprint density at radius 1 is 0.938 bits per heavy atom. The molecule has 2 aromatic carbocycles. The summed E-state index contributed by atoms with van der Waals surface area (Å²) >= 11 is 0. The summed E-state index contributed by atoms with van der Waals surface area (Å²) in [6, 6.07) is 13.7. The Hall–Kier alpha value is -3.51. The van der Waals surface area contributed by atoms with Crippen LogP contribution >= 0.6 is 0 Å². The lowest BCUT2D eigenvalue weighted by Crippen LogP contribution is -2.37. The molecular formula is C20H21N5O5S2. The summed E-state index contributed by atoms with van der Waals surface area (Å²) in [4.78, 5) is 20.0. The maximum absolute atomic E-state index is 12.5. The molecule has 2 N–H and O–H groups in total. The molecule has 1 aromatic heterocycles. The van der Waals surface area contributed by atoms with E-state index < -0.39 is 32.5 Å². The van der Waals surface area contributed by atoms with E-state index in [4.69, 9.17) is 0 Å². The molecular weight excluding hydrogens is 454 g/mol. The predicted molar refractivity (Wildman–Crippen MR) is 121 cm³/mol. The number of benzene rings is 2. The van der Waals surface area contributed by atoms with Crippen LogP contribution in [-0.4, -0.2) is 45.5 Å². The van der Waals surface area contributed by atoms with Crippen LogP contribution in [0.1, 0.15) is 5.56 Å². The Morgan fingerprint density at radius 3 is 2.09 bits per heavy atom. The second-order valence-electron chi connectivity index (χ2n) is 6.86. The lowest BCUT2D eigenvalue weighted by Gasteiger charge is -2.22. The van der Waals surface area contributed by atoms with Crippen molar-refractivity contribution in [1.29, 1.82) is 0 Å². The smallest absolute Gasteiger partial charge is 0.264 e. The number of rotatable bonds is 8. The van der Waals surface area contributed by atoms with Gasteiger partial charge in [-0.2, -0.15) is 0 Å². The average molecular weight is 476 g/mol. The molecule has 3 rings (SSSR count). The molecule has 0 aliphatic heterocycles. The van der Waals surface area contributed by atoms with Crippen molar-refractivity contribution in [3.05, 3.63) is 72.6 Å². The van der Waals surface area contributed by atoms with Crippen LogP contribution in [0.2, 0.25) is 0 Å². The highest BCUT2D eigenvalue weighted by Gasteiger charge is 2.21. The van der Waals surface area contributed by atoms with Gasteiger partial charge in [0.2, 0.25) is 21.9 Å². The van der Waals surface area contributed by atoms with E-state index >= 15 is 0 Å². The van der Waals surface area contributed by atoms with Gasteiger partial charge in [-0.25, -0.2) is 31.5 Å². The van der Waals surface area contributed by atoms with E-state index in [0.29, 0.717) is 11.4 Å². The Morgan fingerprint density at radius 2 is 1.53 bits per heavy atom. The standard InChI is InChI=1S/C20H21N5O5S2/c1-15-4-8-17(9-5-15)25(31(2,27)28)14-19(26)23-16-6-10-18(11-7-16)32(29,30)24-20-21-12-3-13-22-20/h3-13H,14H2,1-2H3,(H,23,26)(H,21,22,24). The quantitative estimate of drug-likeness (QED) is 0.508. The molecule has 0 atom stereocenters. The largest absolute Gasteiger partial charge is 0.325 e. The Labute approximate surface area is 186 Å². The van der Waals surface area contributed by atoms with E-state index in [2.05, 4.69) is 20.0 Å². The third kappa shape index (κ3) is 6.02. The van der Waals surface area contributed by atoms with Gasteiger partial charge in [0.1, 0.15) is 6.54 Å². The molecule has 1 heterocycles. The first-order valence-corrected chi connectivity index (χ1v) is 12.6. The minimum absolute atomic E-state index is 0.0552. The molecule has 0 aliphatic carbocycles. The predicted octanol–water partition coefficient (Wildman–Crippen LogP) is 1.99. The first-order chi connectivity index (χ1) is 15.0. The SMILES string of the molecule is Cc1ccc(N(CC(=O)Nc2ccc(S(=O)(=O)Nc3ncccn3)cc2)S(C)(=O)=O)cc1. The van der Waals surface area contributed by atoms with Gasteiger partial charge in [-0.3, -0.25) is 9.10 Å². The van der Waals surface area contributed by atoms with Gasteiger partial charge in [-0.05, 0) is 49.4 Å². The fraction of sp³-hybridized carbons (Fsp3) is 0.150. The molecule has 1 amide bonds. The molecule has 12 heteroatoms. The number of nitrogens with zero attached hydrogens (tertiary/aromatic N) is 3. The number of carbonyl (C=O) groups excluding carboxylic acids is 1. The molecule has 0 bridgehead atoms. The van der Waals surface area contributed by atoms with E-state index in [9.17, 15) is 21.6 Å². The summed E-state index contributed by atoms with van der Waals surface area (Å²) in [5.41, 5.74) is 1.63. The molecule has 168 valence electrons. The Kier molecular flexibility index (Phi) is 6.75. The summed E-state index contributed by atoms with van der Waals surface area (Å²) in [6.07, 6.45) is 3.82. The molecule has 0 aliphatic rings. The highest BCUT2D eigenvalue weighted by atomic mass is 32.2. The van der Waals surface area contributed by atoms with Crippen LogP contribution in [0.25, 0.3) is 0 Å². The van der Waals surface area contributed by atoms with Crippen LogP contribution < -0.4 is 14.3 Å². The van der Waals surface area contributed by atoms with E-state index in [0.717, 1.165) is 16.1 Å². The highest BCUT2D eigenvalue weighted by Crippen LogP contribution is 2.19. The van der Waals surface area contributed by atoms with Crippen molar-refractivity contribution in [2.75, 3.05) is 27.1 Å².